The second kappa shape index (κ2) is 11.0. The summed E-state index contributed by atoms with van der Waals surface area (Å²) in [6, 6.07) is 8.33. The quantitative estimate of drug-likeness (QED) is 0.226. The van der Waals surface area contributed by atoms with Crippen LogP contribution in [0.4, 0.5) is 13.2 Å². The second-order valence-corrected chi connectivity index (χ2v) is 13.2. The summed E-state index contributed by atoms with van der Waals surface area (Å²) in [6.45, 7) is 7.11. The second-order valence-electron chi connectivity index (χ2n) is 10.7. The summed E-state index contributed by atoms with van der Waals surface area (Å²) in [5.74, 6) is -3.99. The topological polar surface area (TPSA) is 112 Å². The molecule has 11 heteroatoms. The first-order chi connectivity index (χ1) is 17.8. The van der Waals surface area contributed by atoms with E-state index in [0.29, 0.717) is 0 Å². The molecule has 0 bridgehead atoms. The van der Waals surface area contributed by atoms with Gasteiger partial charge in [-0.15, -0.1) is 5.10 Å². The first-order valence-electron chi connectivity index (χ1n) is 12.5. The number of aliphatic hydroxyl groups is 4. The zero-order valence-electron chi connectivity index (χ0n) is 21.6. The van der Waals surface area contributed by atoms with Gasteiger partial charge in [0.25, 0.3) is 0 Å². The molecule has 1 aromatic heterocycles. The van der Waals surface area contributed by atoms with Crippen LogP contribution in [0.1, 0.15) is 56.0 Å². The highest BCUT2D eigenvalue weighted by molar-refractivity contribution is 8.18. The normalized spacial score (nSPS) is 26.1. The molecule has 1 aliphatic rings. The van der Waals surface area contributed by atoms with Crippen LogP contribution in [0, 0.1) is 17.5 Å². The molecular formula is C27H34F3N3O4S. The maximum atomic E-state index is 13.7. The first-order valence-corrected chi connectivity index (χ1v) is 14.1. The van der Waals surface area contributed by atoms with E-state index in [2.05, 4.69) is 24.2 Å². The van der Waals surface area contributed by atoms with Crippen molar-refractivity contribution in [2.24, 2.45) is 0 Å². The average Bonchev–Trinajstić information content (AvgIpc) is 3.31. The van der Waals surface area contributed by atoms with Crippen LogP contribution in [-0.4, -0.2) is 70.8 Å². The minimum atomic E-state index is -1.60. The van der Waals surface area contributed by atoms with Crippen LogP contribution in [0.15, 0.2) is 42.6 Å². The first kappa shape index (κ1) is 28.6. The highest BCUT2D eigenvalue weighted by atomic mass is 32.2. The van der Waals surface area contributed by atoms with E-state index >= 15 is 0 Å². The lowest BCUT2D eigenvalue weighted by Gasteiger charge is -2.51. The number of nitrogens with zero attached hydrogens (tertiary/aromatic N) is 3. The highest BCUT2D eigenvalue weighted by Gasteiger charge is 2.49. The van der Waals surface area contributed by atoms with Gasteiger partial charge in [0.15, 0.2) is 17.5 Å². The Morgan fingerprint density at radius 2 is 1.68 bits per heavy atom. The molecule has 4 N–H and O–H groups in total. The Morgan fingerprint density at radius 1 is 1.08 bits per heavy atom. The lowest BCUT2D eigenvalue weighted by Crippen LogP contribution is -2.52. The van der Waals surface area contributed by atoms with E-state index in [0.717, 1.165) is 23.3 Å². The maximum Gasteiger partial charge on any atom is 0.194 e. The molecule has 7 nitrogen and oxygen atoms in total. The van der Waals surface area contributed by atoms with E-state index in [4.69, 9.17) is 0 Å². The SMILES string of the molecule is CC(C)c1ccccc1[C@@H]([SH]1C[C@H](O)[C@H](n2cc(-c3cc(F)c(F)c(F)c3)nn2)[C@@H](O)[C@H]1CO)C(C)(C)O. The minimum Gasteiger partial charge on any atom is -0.395 e. The van der Waals surface area contributed by atoms with Gasteiger partial charge < -0.3 is 20.4 Å². The molecule has 4 rings (SSSR count). The Balaban J connectivity index is 1.70. The summed E-state index contributed by atoms with van der Waals surface area (Å²) in [7, 11) is -1.35. The molecule has 1 unspecified atom stereocenters. The van der Waals surface area contributed by atoms with E-state index in [9.17, 15) is 33.6 Å². The molecule has 0 radical (unpaired) electrons. The number of thiol groups is 1. The van der Waals surface area contributed by atoms with Crippen LogP contribution < -0.4 is 0 Å². The molecule has 2 heterocycles. The number of rotatable bonds is 7. The fourth-order valence-electron chi connectivity index (χ4n) is 5.46. The van der Waals surface area contributed by atoms with Gasteiger partial charge in [-0.25, -0.2) is 28.7 Å². The smallest absolute Gasteiger partial charge is 0.194 e. The number of hydrogen-bond donors (Lipinski definition) is 5. The zero-order chi connectivity index (χ0) is 27.9. The number of aromatic nitrogens is 3. The molecule has 3 aromatic rings. The molecule has 0 amide bonds. The zero-order valence-corrected chi connectivity index (χ0v) is 22.5. The summed E-state index contributed by atoms with van der Waals surface area (Å²) in [4.78, 5) is 0. The van der Waals surface area contributed by atoms with Gasteiger partial charge >= 0.3 is 0 Å². The average molecular weight is 554 g/mol. The maximum absolute atomic E-state index is 13.7. The molecule has 0 saturated carbocycles. The van der Waals surface area contributed by atoms with Gasteiger partial charge in [0.1, 0.15) is 11.7 Å². The summed E-state index contributed by atoms with van der Waals surface area (Å²) in [6.07, 6.45) is -1.07. The van der Waals surface area contributed by atoms with E-state index < -0.39 is 62.7 Å². The van der Waals surface area contributed by atoms with Crippen LogP contribution >= 0.6 is 10.9 Å². The van der Waals surface area contributed by atoms with Crippen molar-refractivity contribution in [3.8, 4) is 11.3 Å². The van der Waals surface area contributed by atoms with E-state index in [1.807, 2.05) is 24.3 Å². The number of benzene rings is 2. The molecule has 1 aliphatic heterocycles. The summed E-state index contributed by atoms with van der Waals surface area (Å²) in [5, 5.41) is 51.2. The van der Waals surface area contributed by atoms with Crippen LogP contribution in [0.3, 0.4) is 0 Å². The Morgan fingerprint density at radius 3 is 2.24 bits per heavy atom. The molecule has 0 spiro atoms. The van der Waals surface area contributed by atoms with Crippen molar-refractivity contribution in [3.05, 3.63) is 71.2 Å². The molecule has 2 aromatic carbocycles. The van der Waals surface area contributed by atoms with Crippen LogP contribution in [-0.2, 0) is 0 Å². The summed E-state index contributed by atoms with van der Waals surface area (Å²) in [5.41, 5.74) is 0.718. The van der Waals surface area contributed by atoms with Crippen molar-refractivity contribution in [2.75, 3.05) is 12.4 Å². The lowest BCUT2D eigenvalue weighted by atomic mass is 9.89. The van der Waals surface area contributed by atoms with Gasteiger partial charge in [0, 0.05) is 21.8 Å². The van der Waals surface area contributed by atoms with E-state index in [-0.39, 0.29) is 29.5 Å². The molecule has 38 heavy (non-hydrogen) atoms. The molecule has 6 atom stereocenters. The largest absolute Gasteiger partial charge is 0.395 e. The summed E-state index contributed by atoms with van der Waals surface area (Å²) < 4.78 is 42.1. The predicted molar refractivity (Wildman–Crippen MR) is 141 cm³/mol. The molecule has 1 saturated heterocycles. The van der Waals surface area contributed by atoms with E-state index in [1.54, 1.807) is 13.8 Å². The Labute approximate surface area is 222 Å². The van der Waals surface area contributed by atoms with Crippen molar-refractivity contribution in [3.63, 3.8) is 0 Å². The minimum absolute atomic E-state index is 0.0239. The van der Waals surface area contributed by atoms with Gasteiger partial charge in [-0.05, 0) is 43.0 Å². The molecule has 1 fully saturated rings. The lowest BCUT2D eigenvalue weighted by molar-refractivity contribution is 0.00570. The monoisotopic (exact) mass is 553 g/mol. The fourth-order valence-corrected chi connectivity index (χ4v) is 9.16. The van der Waals surface area contributed by atoms with E-state index in [1.165, 1.54) is 10.9 Å². The highest BCUT2D eigenvalue weighted by Crippen LogP contribution is 2.58. The van der Waals surface area contributed by atoms with Crippen LogP contribution in [0.2, 0.25) is 0 Å². The van der Waals surface area contributed by atoms with Crippen molar-refractivity contribution in [1.82, 2.24) is 15.0 Å². The van der Waals surface area contributed by atoms with Crippen LogP contribution in [0.25, 0.3) is 11.3 Å². The Hall–Kier alpha value is -2.44. The molecule has 208 valence electrons. The van der Waals surface area contributed by atoms with Gasteiger partial charge in [-0.1, -0.05) is 43.3 Å². The third kappa shape index (κ3) is 5.35. The van der Waals surface area contributed by atoms with Crippen molar-refractivity contribution in [1.29, 1.82) is 0 Å². The van der Waals surface area contributed by atoms with Gasteiger partial charge in [-0.3, -0.25) is 0 Å². The van der Waals surface area contributed by atoms with Crippen molar-refractivity contribution in [2.45, 2.75) is 68.0 Å². The van der Waals surface area contributed by atoms with Gasteiger partial charge in [0.2, 0.25) is 0 Å². The summed E-state index contributed by atoms with van der Waals surface area (Å²) >= 11 is 0. The third-order valence-corrected chi connectivity index (χ3v) is 10.8. The van der Waals surface area contributed by atoms with Crippen molar-refractivity contribution < 1.29 is 33.6 Å². The Kier molecular flexibility index (Phi) is 8.25. The van der Waals surface area contributed by atoms with Crippen molar-refractivity contribution >= 4 is 10.9 Å². The molecular weight excluding hydrogens is 519 g/mol. The predicted octanol–water partition coefficient (Wildman–Crippen LogP) is 3.64. The number of hydrogen-bond acceptors (Lipinski definition) is 6. The third-order valence-electron chi connectivity index (χ3n) is 7.16. The molecule has 0 aliphatic carbocycles. The van der Waals surface area contributed by atoms with Crippen LogP contribution in [0.5, 0.6) is 0 Å². The Bertz CT molecular complexity index is 1260. The van der Waals surface area contributed by atoms with Gasteiger partial charge in [0.05, 0.1) is 30.6 Å². The van der Waals surface area contributed by atoms with Gasteiger partial charge in [-0.2, -0.15) is 0 Å². The number of halogens is 3. The standard InChI is InChI=1S/C27H34F3N3O4S/c1-14(2)16-7-5-6-8-17(16)26(27(3,4)37)38-13-21(35)24(25(36)22(38)12-34)33-11-20(31-32-33)15-9-18(28)23(30)19(29)10-15/h5-11,14,21-22,24-26,34-38H,12-13H2,1-4H3/t21-,22+,24-,25-,26+/m0/s1. The fraction of sp³-hybridized carbons (Fsp3) is 0.481. The number of aliphatic hydroxyl groups excluding tert-OH is 3.